The summed E-state index contributed by atoms with van der Waals surface area (Å²) < 4.78 is 0. The zero-order chi connectivity index (χ0) is 16.2. The first kappa shape index (κ1) is 14.9. The molecule has 0 radical (unpaired) electrons. The summed E-state index contributed by atoms with van der Waals surface area (Å²) in [6, 6.07) is 18.5. The number of nitriles is 2. The number of fused-ring (bicyclic) bond motifs is 1. The van der Waals surface area contributed by atoms with E-state index < -0.39 is 0 Å². The zero-order valence-electron chi connectivity index (χ0n) is 13.1. The normalized spacial score (nSPS) is 12.7. The fourth-order valence-corrected chi connectivity index (χ4v) is 2.96. The first-order valence-electron chi connectivity index (χ1n) is 7.70. The van der Waals surface area contributed by atoms with Crippen LogP contribution in [0.5, 0.6) is 0 Å². The molecule has 0 N–H and O–H groups in total. The van der Waals surface area contributed by atoms with Crippen molar-refractivity contribution in [1.29, 1.82) is 10.5 Å². The third-order valence-corrected chi connectivity index (χ3v) is 4.12. The van der Waals surface area contributed by atoms with E-state index in [0.29, 0.717) is 0 Å². The molecule has 0 atom stereocenters. The molecule has 3 nitrogen and oxygen atoms in total. The van der Waals surface area contributed by atoms with E-state index >= 15 is 0 Å². The van der Waals surface area contributed by atoms with E-state index in [-0.39, 0.29) is 5.57 Å². The van der Waals surface area contributed by atoms with E-state index in [4.69, 9.17) is 10.5 Å². The monoisotopic (exact) mass is 299 g/mol. The minimum absolute atomic E-state index is 0.135. The number of hydrogen-bond donors (Lipinski definition) is 0. The van der Waals surface area contributed by atoms with Crippen LogP contribution in [0.15, 0.2) is 48.0 Å². The SMILES string of the molecule is Cc1ccc(N2CCCc3cc(C=C(C#N)C#N)ccc32)cc1. The van der Waals surface area contributed by atoms with Gasteiger partial charge in [0.2, 0.25) is 0 Å². The fraction of sp³-hybridized carbons (Fsp3) is 0.200. The largest absolute Gasteiger partial charge is 0.341 e. The molecule has 0 saturated carbocycles. The molecule has 0 spiro atoms. The highest BCUT2D eigenvalue weighted by Gasteiger charge is 2.18. The van der Waals surface area contributed by atoms with Crippen molar-refractivity contribution in [2.45, 2.75) is 19.8 Å². The van der Waals surface area contributed by atoms with Crippen LogP contribution in [-0.4, -0.2) is 6.54 Å². The highest BCUT2D eigenvalue weighted by Crippen LogP contribution is 2.34. The molecule has 2 aromatic rings. The van der Waals surface area contributed by atoms with Crippen LogP contribution in [0.25, 0.3) is 6.08 Å². The summed E-state index contributed by atoms with van der Waals surface area (Å²) in [5.74, 6) is 0. The fourth-order valence-electron chi connectivity index (χ4n) is 2.96. The lowest BCUT2D eigenvalue weighted by Gasteiger charge is -2.31. The molecular weight excluding hydrogens is 282 g/mol. The summed E-state index contributed by atoms with van der Waals surface area (Å²) in [6.07, 6.45) is 3.76. The van der Waals surface area contributed by atoms with Gasteiger partial charge in [-0.25, -0.2) is 0 Å². The van der Waals surface area contributed by atoms with Crippen molar-refractivity contribution in [3.63, 3.8) is 0 Å². The molecule has 23 heavy (non-hydrogen) atoms. The predicted octanol–water partition coefficient (Wildman–Crippen LogP) is 4.51. The van der Waals surface area contributed by atoms with Crippen molar-refractivity contribution in [3.05, 3.63) is 64.7 Å². The molecule has 112 valence electrons. The average molecular weight is 299 g/mol. The van der Waals surface area contributed by atoms with Gasteiger partial charge in [0, 0.05) is 17.9 Å². The van der Waals surface area contributed by atoms with Crippen molar-refractivity contribution in [2.24, 2.45) is 0 Å². The second-order valence-corrected chi connectivity index (χ2v) is 5.76. The summed E-state index contributed by atoms with van der Waals surface area (Å²) in [5, 5.41) is 17.8. The van der Waals surface area contributed by atoms with E-state index in [0.717, 1.165) is 24.9 Å². The van der Waals surface area contributed by atoms with E-state index in [2.05, 4.69) is 48.2 Å². The Kier molecular flexibility index (Phi) is 4.13. The Balaban J connectivity index is 1.98. The van der Waals surface area contributed by atoms with Gasteiger partial charge in [0.25, 0.3) is 0 Å². The van der Waals surface area contributed by atoms with Gasteiger partial charge < -0.3 is 4.90 Å². The van der Waals surface area contributed by atoms with Crippen molar-refractivity contribution >= 4 is 17.5 Å². The number of aryl methyl sites for hydroxylation is 2. The molecule has 1 heterocycles. The van der Waals surface area contributed by atoms with Gasteiger partial charge in [-0.15, -0.1) is 0 Å². The topological polar surface area (TPSA) is 50.8 Å². The lowest BCUT2D eigenvalue weighted by atomic mass is 9.97. The highest BCUT2D eigenvalue weighted by atomic mass is 15.1. The third-order valence-electron chi connectivity index (χ3n) is 4.12. The molecule has 1 aliphatic rings. The quantitative estimate of drug-likeness (QED) is 0.767. The van der Waals surface area contributed by atoms with Gasteiger partial charge in [0.15, 0.2) is 0 Å². The number of nitrogens with zero attached hydrogens (tertiary/aromatic N) is 3. The van der Waals surface area contributed by atoms with Crippen molar-refractivity contribution in [1.82, 2.24) is 0 Å². The van der Waals surface area contributed by atoms with Crippen LogP contribution in [0.1, 0.15) is 23.1 Å². The van der Waals surface area contributed by atoms with E-state index in [1.54, 1.807) is 6.08 Å². The van der Waals surface area contributed by atoms with Gasteiger partial charge in [-0.1, -0.05) is 23.8 Å². The van der Waals surface area contributed by atoms with Crippen LogP contribution in [-0.2, 0) is 6.42 Å². The highest BCUT2D eigenvalue weighted by molar-refractivity contribution is 5.71. The predicted molar refractivity (Wildman–Crippen MR) is 92.2 cm³/mol. The van der Waals surface area contributed by atoms with Crippen LogP contribution >= 0.6 is 0 Å². The molecule has 0 aliphatic carbocycles. The number of benzene rings is 2. The second kappa shape index (κ2) is 6.38. The molecule has 0 amide bonds. The van der Waals surface area contributed by atoms with Gasteiger partial charge >= 0.3 is 0 Å². The molecule has 0 bridgehead atoms. The maximum atomic E-state index is 8.89. The molecule has 1 aliphatic heterocycles. The van der Waals surface area contributed by atoms with Crippen LogP contribution in [0, 0.1) is 29.6 Å². The number of anilines is 2. The first-order valence-corrected chi connectivity index (χ1v) is 7.70. The molecule has 0 saturated heterocycles. The molecule has 3 heteroatoms. The maximum Gasteiger partial charge on any atom is 0.130 e. The van der Waals surface area contributed by atoms with Gasteiger partial charge in [-0.05, 0) is 61.2 Å². The first-order chi connectivity index (χ1) is 11.2. The van der Waals surface area contributed by atoms with E-state index in [9.17, 15) is 0 Å². The summed E-state index contributed by atoms with van der Waals surface area (Å²) in [7, 11) is 0. The molecule has 3 rings (SSSR count). The van der Waals surface area contributed by atoms with E-state index in [1.807, 2.05) is 18.2 Å². The Morgan fingerprint density at radius 3 is 2.52 bits per heavy atom. The van der Waals surface area contributed by atoms with Crippen LogP contribution in [0.3, 0.4) is 0 Å². The molecular formula is C20H17N3. The minimum atomic E-state index is 0.135. The summed E-state index contributed by atoms with van der Waals surface area (Å²) in [6.45, 7) is 3.10. The van der Waals surface area contributed by atoms with Crippen molar-refractivity contribution < 1.29 is 0 Å². The number of hydrogen-bond acceptors (Lipinski definition) is 3. The Hall–Kier alpha value is -3.04. The molecule has 0 unspecified atom stereocenters. The smallest absolute Gasteiger partial charge is 0.130 e. The molecule has 0 aromatic heterocycles. The van der Waals surface area contributed by atoms with Gasteiger partial charge in [0.05, 0.1) is 0 Å². The lowest BCUT2D eigenvalue weighted by molar-refractivity contribution is 0.766. The van der Waals surface area contributed by atoms with Gasteiger partial charge in [0.1, 0.15) is 17.7 Å². The molecule has 2 aromatic carbocycles. The third kappa shape index (κ3) is 3.10. The van der Waals surface area contributed by atoms with Crippen molar-refractivity contribution in [3.8, 4) is 12.1 Å². The zero-order valence-corrected chi connectivity index (χ0v) is 13.1. The van der Waals surface area contributed by atoms with Gasteiger partial charge in [-0.2, -0.15) is 10.5 Å². The lowest BCUT2D eigenvalue weighted by Crippen LogP contribution is -2.24. The number of allylic oxidation sites excluding steroid dienone is 1. The Labute approximate surface area is 136 Å². The maximum absolute atomic E-state index is 8.89. The van der Waals surface area contributed by atoms with Crippen LogP contribution in [0.4, 0.5) is 11.4 Å². The van der Waals surface area contributed by atoms with Crippen LogP contribution < -0.4 is 4.90 Å². The van der Waals surface area contributed by atoms with Gasteiger partial charge in [-0.3, -0.25) is 0 Å². The van der Waals surface area contributed by atoms with Crippen LogP contribution in [0.2, 0.25) is 0 Å². The number of rotatable bonds is 2. The van der Waals surface area contributed by atoms with Crippen molar-refractivity contribution in [2.75, 3.05) is 11.4 Å². The Bertz CT molecular complexity index is 817. The molecule has 0 fully saturated rings. The summed E-state index contributed by atoms with van der Waals surface area (Å²) in [5.41, 5.74) is 5.99. The second-order valence-electron chi connectivity index (χ2n) is 5.76. The standard InChI is InChI=1S/C20H17N3/c1-15-4-7-19(8-5-15)23-10-2-3-18-12-16(6-9-20(18)23)11-17(13-21)14-22/h4-9,11-12H,2-3,10H2,1H3. The summed E-state index contributed by atoms with van der Waals surface area (Å²) in [4.78, 5) is 2.33. The Morgan fingerprint density at radius 1 is 1.09 bits per heavy atom. The minimum Gasteiger partial charge on any atom is -0.341 e. The average Bonchev–Trinajstić information content (AvgIpc) is 2.59. The van der Waals surface area contributed by atoms with E-state index in [1.165, 1.54) is 22.5 Å². The Morgan fingerprint density at radius 2 is 1.83 bits per heavy atom. The summed E-state index contributed by atoms with van der Waals surface area (Å²) >= 11 is 0.